The zero-order valence-electron chi connectivity index (χ0n) is 9.61. The first-order valence-electron chi connectivity index (χ1n) is 5.63. The van der Waals surface area contributed by atoms with E-state index in [1.807, 2.05) is 0 Å². The van der Waals surface area contributed by atoms with E-state index in [4.69, 9.17) is 11.6 Å². The van der Waals surface area contributed by atoms with Gasteiger partial charge in [0.05, 0.1) is 11.9 Å². The fourth-order valence-corrected chi connectivity index (χ4v) is 4.10. The molecule has 0 aliphatic heterocycles. The molecule has 1 aromatic rings. The minimum Gasteiger partial charge on any atom is -0.281 e. The molecule has 2 N–H and O–H groups in total. The first-order valence-corrected chi connectivity index (χ1v) is 7.64. The van der Waals surface area contributed by atoms with Gasteiger partial charge in [0.15, 0.2) is 0 Å². The fourth-order valence-electron chi connectivity index (χ4n) is 2.25. The summed E-state index contributed by atoms with van der Waals surface area (Å²) in [6.45, 7) is 1.69. The van der Waals surface area contributed by atoms with Crippen molar-refractivity contribution in [3.05, 3.63) is 11.9 Å². The number of sulfonamides is 1. The van der Waals surface area contributed by atoms with Crippen molar-refractivity contribution in [2.45, 2.75) is 37.1 Å². The predicted octanol–water partition coefficient (Wildman–Crippen LogP) is 1.40. The van der Waals surface area contributed by atoms with Crippen LogP contribution in [0.2, 0.25) is 0 Å². The Kier molecular flexibility index (Phi) is 3.75. The van der Waals surface area contributed by atoms with E-state index < -0.39 is 10.0 Å². The first kappa shape index (κ1) is 12.9. The van der Waals surface area contributed by atoms with E-state index in [9.17, 15) is 8.42 Å². The lowest BCUT2D eigenvalue weighted by Gasteiger charge is -2.18. The van der Waals surface area contributed by atoms with Crippen molar-refractivity contribution in [2.24, 2.45) is 5.92 Å². The average molecular weight is 278 g/mol. The number of aromatic amines is 1. The van der Waals surface area contributed by atoms with Crippen molar-refractivity contribution in [1.82, 2.24) is 14.9 Å². The summed E-state index contributed by atoms with van der Waals surface area (Å²) in [5.41, 5.74) is 0.554. The normalized spacial score (nSPS) is 25.3. The van der Waals surface area contributed by atoms with Gasteiger partial charge in [0, 0.05) is 11.9 Å². The maximum Gasteiger partial charge on any atom is 0.244 e. The van der Waals surface area contributed by atoms with Gasteiger partial charge in [-0.1, -0.05) is 6.42 Å². The van der Waals surface area contributed by atoms with Crippen LogP contribution in [0.3, 0.4) is 0 Å². The van der Waals surface area contributed by atoms with Gasteiger partial charge in [0.25, 0.3) is 0 Å². The quantitative estimate of drug-likeness (QED) is 0.817. The molecule has 1 fully saturated rings. The van der Waals surface area contributed by atoms with E-state index in [1.54, 1.807) is 6.92 Å². The highest BCUT2D eigenvalue weighted by Crippen LogP contribution is 2.28. The molecule has 0 bridgehead atoms. The topological polar surface area (TPSA) is 74.8 Å². The lowest BCUT2D eigenvalue weighted by molar-refractivity contribution is 0.480. The van der Waals surface area contributed by atoms with Crippen molar-refractivity contribution in [3.63, 3.8) is 0 Å². The van der Waals surface area contributed by atoms with Crippen molar-refractivity contribution in [3.8, 4) is 0 Å². The van der Waals surface area contributed by atoms with Crippen molar-refractivity contribution >= 4 is 21.6 Å². The van der Waals surface area contributed by atoms with Gasteiger partial charge in [-0.3, -0.25) is 5.10 Å². The Morgan fingerprint density at radius 2 is 2.35 bits per heavy atom. The van der Waals surface area contributed by atoms with Crippen LogP contribution >= 0.6 is 11.6 Å². The lowest BCUT2D eigenvalue weighted by atomic mass is 10.1. The molecule has 5 nitrogen and oxygen atoms in total. The zero-order valence-corrected chi connectivity index (χ0v) is 11.2. The second-order valence-electron chi connectivity index (χ2n) is 4.43. The second kappa shape index (κ2) is 4.96. The maximum absolute atomic E-state index is 12.1. The van der Waals surface area contributed by atoms with Crippen LogP contribution in [-0.2, 0) is 10.0 Å². The van der Waals surface area contributed by atoms with Crippen LogP contribution in [0.15, 0.2) is 11.1 Å². The Labute approximate surface area is 106 Å². The molecule has 2 atom stereocenters. The molecule has 2 unspecified atom stereocenters. The van der Waals surface area contributed by atoms with E-state index in [0.717, 1.165) is 19.3 Å². The molecule has 0 radical (unpaired) electrons. The third-order valence-corrected chi connectivity index (χ3v) is 5.24. The number of halogens is 1. The molecule has 1 saturated carbocycles. The number of nitrogens with one attached hydrogen (secondary N) is 2. The molecule has 0 saturated heterocycles. The number of nitrogens with zero attached hydrogens (tertiary/aromatic N) is 1. The molecule has 1 aliphatic rings. The van der Waals surface area contributed by atoms with E-state index in [-0.39, 0.29) is 16.9 Å². The smallest absolute Gasteiger partial charge is 0.244 e. The van der Waals surface area contributed by atoms with Gasteiger partial charge in [0.2, 0.25) is 10.0 Å². The Morgan fingerprint density at radius 1 is 1.59 bits per heavy atom. The van der Waals surface area contributed by atoms with Crippen molar-refractivity contribution < 1.29 is 8.42 Å². The summed E-state index contributed by atoms with van der Waals surface area (Å²) < 4.78 is 27.0. The average Bonchev–Trinajstić information content (AvgIpc) is 2.86. The molecule has 1 aliphatic carbocycles. The molecule has 17 heavy (non-hydrogen) atoms. The van der Waals surface area contributed by atoms with Crippen LogP contribution in [0.5, 0.6) is 0 Å². The van der Waals surface area contributed by atoms with E-state index >= 15 is 0 Å². The van der Waals surface area contributed by atoms with E-state index in [2.05, 4.69) is 14.9 Å². The monoisotopic (exact) mass is 277 g/mol. The number of hydrogen-bond donors (Lipinski definition) is 2. The largest absolute Gasteiger partial charge is 0.281 e. The third kappa shape index (κ3) is 2.64. The highest BCUT2D eigenvalue weighted by atomic mass is 35.5. The Hall–Kier alpha value is -0.590. The molecule has 0 amide bonds. The SMILES string of the molecule is Cc1[nH]ncc1S(=O)(=O)NC1CCCC1CCl. The van der Waals surface area contributed by atoms with Gasteiger partial charge in [-0.15, -0.1) is 11.6 Å². The van der Waals surface area contributed by atoms with Gasteiger partial charge in [-0.25, -0.2) is 13.1 Å². The van der Waals surface area contributed by atoms with Gasteiger partial charge in [0.1, 0.15) is 4.90 Å². The van der Waals surface area contributed by atoms with Gasteiger partial charge in [-0.2, -0.15) is 5.10 Å². The summed E-state index contributed by atoms with van der Waals surface area (Å²) in [6.07, 6.45) is 4.20. The number of aromatic nitrogens is 2. The maximum atomic E-state index is 12.1. The van der Waals surface area contributed by atoms with Crippen LogP contribution in [-0.4, -0.2) is 30.5 Å². The standard InChI is InChI=1S/C10H16ClN3O2S/c1-7-10(6-12-13-7)17(15,16)14-9-4-2-3-8(9)5-11/h6,8-9,14H,2-5H2,1H3,(H,12,13). The Morgan fingerprint density at radius 3 is 2.94 bits per heavy atom. The molecule has 0 aromatic carbocycles. The van der Waals surface area contributed by atoms with Gasteiger partial charge < -0.3 is 0 Å². The van der Waals surface area contributed by atoms with Crippen LogP contribution in [0.4, 0.5) is 0 Å². The summed E-state index contributed by atoms with van der Waals surface area (Å²) in [5, 5.41) is 6.36. The van der Waals surface area contributed by atoms with Crippen LogP contribution < -0.4 is 4.72 Å². The predicted molar refractivity (Wildman–Crippen MR) is 65.5 cm³/mol. The van der Waals surface area contributed by atoms with Crippen LogP contribution in [0.25, 0.3) is 0 Å². The molecular weight excluding hydrogens is 262 g/mol. The minimum absolute atomic E-state index is 0.0493. The van der Waals surface area contributed by atoms with Crippen molar-refractivity contribution in [2.75, 3.05) is 5.88 Å². The number of aryl methyl sites for hydroxylation is 1. The molecule has 2 rings (SSSR count). The summed E-state index contributed by atoms with van der Waals surface area (Å²) in [7, 11) is -3.48. The molecule has 96 valence electrons. The highest BCUT2D eigenvalue weighted by Gasteiger charge is 2.31. The number of rotatable bonds is 4. The molecule has 1 heterocycles. The number of H-pyrrole nitrogens is 1. The number of alkyl halides is 1. The molecular formula is C10H16ClN3O2S. The fraction of sp³-hybridized carbons (Fsp3) is 0.700. The first-order chi connectivity index (χ1) is 8.04. The summed E-state index contributed by atoms with van der Waals surface area (Å²) in [5.74, 6) is 0.732. The third-order valence-electron chi connectivity index (χ3n) is 3.24. The Bertz CT molecular complexity index is 485. The summed E-state index contributed by atoms with van der Waals surface area (Å²) in [4.78, 5) is 0.220. The van der Waals surface area contributed by atoms with Crippen LogP contribution in [0, 0.1) is 12.8 Å². The zero-order chi connectivity index (χ0) is 12.5. The van der Waals surface area contributed by atoms with Crippen molar-refractivity contribution in [1.29, 1.82) is 0 Å². The lowest BCUT2D eigenvalue weighted by Crippen LogP contribution is -2.38. The molecule has 0 spiro atoms. The molecule has 7 heteroatoms. The second-order valence-corrected chi connectivity index (χ2v) is 6.42. The highest BCUT2D eigenvalue weighted by molar-refractivity contribution is 7.89. The van der Waals surface area contributed by atoms with E-state index in [0.29, 0.717) is 11.6 Å². The number of hydrogen-bond acceptors (Lipinski definition) is 3. The van der Waals surface area contributed by atoms with E-state index in [1.165, 1.54) is 6.20 Å². The van der Waals surface area contributed by atoms with Gasteiger partial charge >= 0.3 is 0 Å². The van der Waals surface area contributed by atoms with Crippen LogP contribution in [0.1, 0.15) is 25.0 Å². The summed E-state index contributed by atoms with van der Waals surface area (Å²) >= 11 is 5.83. The Balaban J connectivity index is 2.16. The minimum atomic E-state index is -3.48. The molecule has 1 aromatic heterocycles. The summed E-state index contributed by atoms with van der Waals surface area (Å²) in [6, 6.07) is -0.0493. The van der Waals surface area contributed by atoms with Gasteiger partial charge in [-0.05, 0) is 25.7 Å².